The van der Waals surface area contributed by atoms with Gasteiger partial charge in [0, 0.05) is 19.2 Å². The average molecular weight is 331 g/mol. The molecule has 0 fully saturated rings. The molecule has 0 aliphatic rings. The van der Waals surface area contributed by atoms with Gasteiger partial charge >= 0.3 is 17.9 Å². The van der Waals surface area contributed by atoms with Gasteiger partial charge in [-0.05, 0) is 17.7 Å². The molecular formula is C12H11BrO6. The number of benzene rings is 1. The fraction of sp³-hybridized carbons (Fsp3) is 0.250. The maximum Gasteiger partial charge on any atom is 0.343 e. The molecule has 0 saturated heterocycles. The number of rotatable bonds is 4. The van der Waals surface area contributed by atoms with E-state index >= 15 is 0 Å². The van der Waals surface area contributed by atoms with Crippen LogP contribution in [0.1, 0.15) is 29.8 Å². The fourth-order valence-corrected chi connectivity index (χ4v) is 1.73. The summed E-state index contributed by atoms with van der Waals surface area (Å²) in [5.41, 5.74) is 0.243. The highest BCUT2D eigenvalue weighted by Crippen LogP contribution is 2.32. The van der Waals surface area contributed by atoms with E-state index in [1.807, 2.05) is 0 Å². The van der Waals surface area contributed by atoms with Gasteiger partial charge in [-0.15, -0.1) is 0 Å². The van der Waals surface area contributed by atoms with Gasteiger partial charge in [0.1, 0.15) is 17.1 Å². The predicted molar refractivity (Wildman–Crippen MR) is 68.7 cm³/mol. The van der Waals surface area contributed by atoms with Crippen LogP contribution in [0.3, 0.4) is 0 Å². The first-order valence-electron chi connectivity index (χ1n) is 5.18. The number of halogens is 1. The topological polar surface area (TPSA) is 89.9 Å². The molecule has 0 spiro atoms. The number of carboxylic acid groups (broad SMARTS) is 1. The lowest BCUT2D eigenvalue weighted by molar-refractivity contribution is -0.132. The maximum atomic E-state index is 11.2. The molecule has 102 valence electrons. The van der Waals surface area contributed by atoms with Crippen molar-refractivity contribution >= 4 is 33.8 Å². The Labute approximate surface area is 117 Å². The molecule has 1 rings (SSSR count). The first-order valence-corrected chi connectivity index (χ1v) is 6.30. The minimum atomic E-state index is -1.35. The molecule has 0 aliphatic heterocycles. The SMILES string of the molecule is CC(=O)Oc1cc(CBr)cc(OC(C)=O)c1C(=O)O. The summed E-state index contributed by atoms with van der Waals surface area (Å²) in [7, 11) is 0. The first-order chi connectivity index (χ1) is 8.85. The van der Waals surface area contributed by atoms with Crippen molar-refractivity contribution in [3.63, 3.8) is 0 Å². The van der Waals surface area contributed by atoms with Gasteiger partial charge in [0.15, 0.2) is 0 Å². The van der Waals surface area contributed by atoms with Crippen molar-refractivity contribution in [2.75, 3.05) is 0 Å². The Morgan fingerprint density at radius 2 is 1.53 bits per heavy atom. The van der Waals surface area contributed by atoms with Crippen LogP contribution in [0.2, 0.25) is 0 Å². The quantitative estimate of drug-likeness (QED) is 0.516. The summed E-state index contributed by atoms with van der Waals surface area (Å²) in [5, 5.41) is 9.53. The molecule has 0 radical (unpaired) electrons. The van der Waals surface area contributed by atoms with E-state index < -0.39 is 17.9 Å². The second kappa shape index (κ2) is 6.33. The van der Waals surface area contributed by atoms with E-state index in [4.69, 9.17) is 14.6 Å². The highest BCUT2D eigenvalue weighted by molar-refractivity contribution is 9.08. The smallest absolute Gasteiger partial charge is 0.343 e. The Balaban J connectivity index is 3.44. The largest absolute Gasteiger partial charge is 0.477 e. The highest BCUT2D eigenvalue weighted by atomic mass is 79.9. The standard InChI is InChI=1S/C12H11BrO6/c1-6(14)18-9-3-8(5-13)4-10(19-7(2)15)11(9)12(16)17/h3-4H,5H2,1-2H3,(H,16,17). The first kappa shape index (κ1) is 15.2. The van der Waals surface area contributed by atoms with E-state index in [1.54, 1.807) is 0 Å². The van der Waals surface area contributed by atoms with Crippen molar-refractivity contribution < 1.29 is 29.0 Å². The number of esters is 2. The lowest BCUT2D eigenvalue weighted by atomic mass is 10.1. The minimum Gasteiger partial charge on any atom is -0.477 e. The number of hydrogen-bond acceptors (Lipinski definition) is 5. The number of carboxylic acids is 1. The molecule has 0 heterocycles. The molecular weight excluding hydrogens is 320 g/mol. The molecule has 0 bridgehead atoms. The molecule has 7 heteroatoms. The number of ether oxygens (including phenoxy) is 2. The molecule has 0 atom stereocenters. The summed E-state index contributed by atoms with van der Waals surface area (Å²) in [6.45, 7) is 2.30. The van der Waals surface area contributed by atoms with Crippen LogP contribution in [0, 0.1) is 0 Å². The molecule has 1 N–H and O–H groups in total. The van der Waals surface area contributed by atoms with E-state index in [2.05, 4.69) is 15.9 Å². The summed E-state index contributed by atoms with van der Waals surface area (Å²) in [6, 6.07) is 2.79. The van der Waals surface area contributed by atoms with Gasteiger partial charge in [0.05, 0.1) is 0 Å². The van der Waals surface area contributed by atoms with Crippen molar-refractivity contribution in [1.29, 1.82) is 0 Å². The van der Waals surface area contributed by atoms with E-state index in [-0.39, 0.29) is 17.1 Å². The van der Waals surface area contributed by atoms with Crippen LogP contribution in [-0.2, 0) is 14.9 Å². The van der Waals surface area contributed by atoms with Crippen molar-refractivity contribution in [3.05, 3.63) is 23.3 Å². The Bertz CT molecular complexity index is 500. The third-order valence-corrected chi connectivity index (χ3v) is 2.65. The molecule has 0 unspecified atom stereocenters. The van der Waals surface area contributed by atoms with E-state index in [0.717, 1.165) is 13.8 Å². The number of alkyl halides is 1. The number of carbonyl (C=O) groups is 3. The van der Waals surface area contributed by atoms with Crippen molar-refractivity contribution in [3.8, 4) is 11.5 Å². The zero-order valence-corrected chi connectivity index (χ0v) is 11.8. The van der Waals surface area contributed by atoms with Crippen molar-refractivity contribution in [1.82, 2.24) is 0 Å². The molecule has 1 aromatic carbocycles. The molecule has 0 aromatic heterocycles. The second-order valence-corrected chi connectivity index (χ2v) is 4.15. The fourth-order valence-electron chi connectivity index (χ4n) is 1.40. The summed E-state index contributed by atoms with van der Waals surface area (Å²) in [5.74, 6) is -3.00. The Hall–Kier alpha value is -1.89. The van der Waals surface area contributed by atoms with Gasteiger partial charge in [-0.1, -0.05) is 15.9 Å². The van der Waals surface area contributed by atoms with Gasteiger partial charge in [0.25, 0.3) is 0 Å². The van der Waals surface area contributed by atoms with Gasteiger partial charge in [-0.3, -0.25) is 9.59 Å². The van der Waals surface area contributed by atoms with Crippen LogP contribution in [0.15, 0.2) is 12.1 Å². The summed E-state index contributed by atoms with van der Waals surface area (Å²) < 4.78 is 9.68. The molecule has 0 aliphatic carbocycles. The lowest BCUT2D eigenvalue weighted by Crippen LogP contribution is -2.12. The van der Waals surface area contributed by atoms with E-state index in [0.29, 0.717) is 10.9 Å². The van der Waals surface area contributed by atoms with Gasteiger partial charge < -0.3 is 14.6 Å². The molecule has 6 nitrogen and oxygen atoms in total. The van der Waals surface area contributed by atoms with Crippen LogP contribution < -0.4 is 9.47 Å². The second-order valence-electron chi connectivity index (χ2n) is 3.59. The van der Waals surface area contributed by atoms with Crippen molar-refractivity contribution in [2.24, 2.45) is 0 Å². The monoisotopic (exact) mass is 330 g/mol. The molecule has 19 heavy (non-hydrogen) atoms. The van der Waals surface area contributed by atoms with Gasteiger partial charge in [0.2, 0.25) is 0 Å². The van der Waals surface area contributed by atoms with Crippen LogP contribution in [0.4, 0.5) is 0 Å². The Morgan fingerprint density at radius 3 is 1.79 bits per heavy atom. The van der Waals surface area contributed by atoms with Gasteiger partial charge in [-0.2, -0.15) is 0 Å². The summed E-state index contributed by atoms with van der Waals surface area (Å²) in [4.78, 5) is 33.2. The average Bonchev–Trinajstić information content (AvgIpc) is 2.25. The third-order valence-electron chi connectivity index (χ3n) is 2.00. The maximum absolute atomic E-state index is 11.2. The Kier molecular flexibility index (Phi) is 5.05. The minimum absolute atomic E-state index is 0.159. The summed E-state index contributed by atoms with van der Waals surface area (Å²) >= 11 is 3.19. The van der Waals surface area contributed by atoms with E-state index in [9.17, 15) is 14.4 Å². The number of carbonyl (C=O) groups excluding carboxylic acids is 2. The van der Waals surface area contributed by atoms with E-state index in [1.165, 1.54) is 12.1 Å². The van der Waals surface area contributed by atoms with Crippen LogP contribution in [-0.4, -0.2) is 23.0 Å². The lowest BCUT2D eigenvalue weighted by Gasteiger charge is -2.12. The predicted octanol–water partition coefficient (Wildman–Crippen LogP) is 2.13. The third kappa shape index (κ3) is 4.06. The zero-order chi connectivity index (χ0) is 14.6. The van der Waals surface area contributed by atoms with Crippen molar-refractivity contribution in [2.45, 2.75) is 19.2 Å². The van der Waals surface area contributed by atoms with Gasteiger partial charge in [-0.25, -0.2) is 4.79 Å². The molecule has 1 aromatic rings. The Morgan fingerprint density at radius 1 is 1.11 bits per heavy atom. The number of hydrogen-bond donors (Lipinski definition) is 1. The molecule has 0 amide bonds. The van der Waals surface area contributed by atoms with Crippen LogP contribution in [0.25, 0.3) is 0 Å². The number of aromatic carboxylic acids is 1. The zero-order valence-electron chi connectivity index (χ0n) is 10.2. The normalized spacial score (nSPS) is 9.84. The molecule has 0 saturated carbocycles. The van der Waals surface area contributed by atoms with Crippen LogP contribution in [0.5, 0.6) is 11.5 Å². The highest BCUT2D eigenvalue weighted by Gasteiger charge is 2.22. The van der Waals surface area contributed by atoms with Crippen LogP contribution >= 0.6 is 15.9 Å². The summed E-state index contributed by atoms with van der Waals surface area (Å²) in [6.07, 6.45) is 0.